The second kappa shape index (κ2) is 11.0. The van der Waals surface area contributed by atoms with Gasteiger partial charge in [0.05, 0.1) is 0 Å². The Labute approximate surface area is 143 Å². The number of unbranched alkanes of at least 4 members (excludes halogenated alkanes) is 2. The zero-order chi connectivity index (χ0) is 16.5. The summed E-state index contributed by atoms with van der Waals surface area (Å²) in [5.41, 5.74) is 0. The maximum absolute atomic E-state index is 7.43. The summed E-state index contributed by atoms with van der Waals surface area (Å²) in [6.07, 6.45) is 5.45. The maximum atomic E-state index is 7.43. The Bertz CT molecular complexity index is 252. The summed E-state index contributed by atoms with van der Waals surface area (Å²) in [5.74, 6) is 0. The quantitative estimate of drug-likeness (QED) is 0.315. The molecule has 0 saturated heterocycles. The van der Waals surface area contributed by atoms with E-state index in [-0.39, 0.29) is 0 Å². The van der Waals surface area contributed by atoms with Gasteiger partial charge in [0.15, 0.2) is 0 Å². The van der Waals surface area contributed by atoms with Crippen LogP contribution in [-0.2, 0) is 35.9 Å². The second-order valence-corrected chi connectivity index (χ2v) is 23.1. The minimum absolute atomic E-state index is 0.812. The molecule has 0 aromatic rings. The van der Waals surface area contributed by atoms with Crippen LogP contribution in [0, 0.1) is 0 Å². The third kappa shape index (κ3) is 6.42. The van der Waals surface area contributed by atoms with Gasteiger partial charge in [0.2, 0.25) is 0 Å². The molecular weight excluding hydrogens is 328 g/mol. The van der Waals surface area contributed by atoms with Crippen LogP contribution in [0.1, 0.15) is 81.1 Å². The zero-order valence-electron chi connectivity index (χ0n) is 16.2. The molecule has 0 atom stereocenters. The number of hydrogen-bond donors (Lipinski definition) is 0. The first-order valence-corrected chi connectivity index (χ1v) is 17.0. The molecule has 0 aromatic carbocycles. The van der Waals surface area contributed by atoms with Crippen LogP contribution in [0.5, 0.6) is 0 Å². The molecule has 21 heavy (non-hydrogen) atoms. The van der Waals surface area contributed by atoms with Gasteiger partial charge in [-0.1, -0.05) is 0 Å². The first-order chi connectivity index (χ1) is 9.84. The summed E-state index contributed by atoms with van der Waals surface area (Å²) in [6, 6.07) is 0. The Hall–Kier alpha value is 1.39. The molecule has 3 heteroatoms. The molecule has 0 spiro atoms. The minimum atomic E-state index is -2.18. The zero-order valence-corrected chi connectivity index (χ0v) is 19.3. The molecule has 1 nitrogen and oxygen atoms in total. The molecule has 0 unspecified atom stereocenters. The molecule has 0 radical (unpaired) electrons. The fourth-order valence-corrected chi connectivity index (χ4v) is 26.3. The van der Waals surface area contributed by atoms with Crippen molar-refractivity contribution in [2.75, 3.05) is 0 Å². The Kier molecular flexibility index (Phi) is 11.8. The fourth-order valence-electron chi connectivity index (χ4n) is 3.61. The van der Waals surface area contributed by atoms with E-state index in [0.29, 0.717) is 0 Å². The molecule has 0 N–H and O–H groups in total. The molecule has 0 fully saturated rings. The molecule has 0 amide bonds. The first-order valence-electron chi connectivity index (χ1n) is 9.54. The van der Waals surface area contributed by atoms with Gasteiger partial charge in [-0.3, -0.25) is 0 Å². The summed E-state index contributed by atoms with van der Waals surface area (Å²) < 4.78 is 14.7. The molecule has 0 heterocycles. The van der Waals surface area contributed by atoms with Crippen LogP contribution in [0.2, 0.25) is 27.3 Å². The van der Waals surface area contributed by atoms with Crippen molar-refractivity contribution in [1.82, 2.24) is 0 Å². The van der Waals surface area contributed by atoms with Crippen molar-refractivity contribution in [2.45, 2.75) is 108 Å². The Balaban J connectivity index is 5.41. The SMILES string of the molecule is CCC[CH2][Ti]([CH2]CCC)([O][Ti]([CH2]C)([CH2]C)[CH](C)C)[CH](C)C. The first kappa shape index (κ1) is 22.4. The molecule has 0 aliphatic carbocycles. The third-order valence-electron chi connectivity index (χ3n) is 5.61. The molecule has 0 saturated carbocycles. The molecular formula is C18H42OTi2. The van der Waals surface area contributed by atoms with Gasteiger partial charge in [0, 0.05) is 0 Å². The van der Waals surface area contributed by atoms with Gasteiger partial charge in [-0.2, -0.15) is 0 Å². The van der Waals surface area contributed by atoms with E-state index in [1.54, 1.807) is 0 Å². The van der Waals surface area contributed by atoms with E-state index in [9.17, 15) is 0 Å². The predicted molar refractivity (Wildman–Crippen MR) is 91.7 cm³/mol. The van der Waals surface area contributed by atoms with E-state index in [0.717, 1.165) is 8.45 Å². The van der Waals surface area contributed by atoms with Crippen molar-refractivity contribution in [2.24, 2.45) is 0 Å². The van der Waals surface area contributed by atoms with Crippen molar-refractivity contribution in [3.05, 3.63) is 0 Å². The van der Waals surface area contributed by atoms with Crippen molar-refractivity contribution in [3.8, 4) is 0 Å². The summed E-state index contributed by atoms with van der Waals surface area (Å²) in [4.78, 5) is 0. The van der Waals surface area contributed by atoms with Crippen LogP contribution >= 0.6 is 0 Å². The van der Waals surface area contributed by atoms with E-state index in [1.165, 1.54) is 44.6 Å². The van der Waals surface area contributed by atoms with E-state index < -0.39 is 34.0 Å². The molecule has 0 aliphatic heterocycles. The molecule has 128 valence electrons. The van der Waals surface area contributed by atoms with E-state index >= 15 is 0 Å². The van der Waals surface area contributed by atoms with Gasteiger partial charge in [-0.25, -0.2) is 0 Å². The van der Waals surface area contributed by atoms with Crippen LogP contribution in [0.4, 0.5) is 0 Å². The summed E-state index contributed by atoms with van der Waals surface area (Å²) in [7, 11) is 0. The Morgan fingerprint density at radius 3 is 1.29 bits per heavy atom. The van der Waals surface area contributed by atoms with Crippen LogP contribution in [0.15, 0.2) is 0 Å². The molecule has 0 bridgehead atoms. The van der Waals surface area contributed by atoms with E-state index in [2.05, 4.69) is 55.4 Å². The van der Waals surface area contributed by atoms with Crippen LogP contribution in [0.25, 0.3) is 0 Å². The summed E-state index contributed by atoms with van der Waals surface area (Å²) in [5, 5.41) is 0. The fraction of sp³-hybridized carbons (Fsp3) is 1.00. The molecule has 0 rings (SSSR count). The average Bonchev–Trinajstić information content (AvgIpc) is 2.46. The summed E-state index contributed by atoms with van der Waals surface area (Å²) >= 11 is -4.29. The normalized spacial score (nSPS) is 13.4. The number of hydrogen-bond acceptors (Lipinski definition) is 1. The second-order valence-electron chi connectivity index (χ2n) is 7.46. The van der Waals surface area contributed by atoms with Gasteiger partial charge in [0.1, 0.15) is 0 Å². The van der Waals surface area contributed by atoms with Crippen molar-refractivity contribution in [3.63, 3.8) is 0 Å². The topological polar surface area (TPSA) is 9.23 Å². The molecule has 0 aromatic heterocycles. The van der Waals surface area contributed by atoms with Gasteiger partial charge < -0.3 is 0 Å². The van der Waals surface area contributed by atoms with Crippen molar-refractivity contribution in [1.29, 1.82) is 0 Å². The monoisotopic (exact) mass is 370 g/mol. The van der Waals surface area contributed by atoms with E-state index in [1.807, 2.05) is 0 Å². The Morgan fingerprint density at radius 2 is 1.05 bits per heavy atom. The van der Waals surface area contributed by atoms with E-state index in [4.69, 9.17) is 1.90 Å². The predicted octanol–water partition coefficient (Wildman–Crippen LogP) is 8.11. The van der Waals surface area contributed by atoms with Gasteiger partial charge in [-0.15, -0.1) is 0 Å². The third-order valence-corrected chi connectivity index (χ3v) is 26.2. The van der Waals surface area contributed by atoms with Crippen LogP contribution in [0.3, 0.4) is 0 Å². The number of rotatable bonds is 12. The Morgan fingerprint density at radius 1 is 0.667 bits per heavy atom. The van der Waals surface area contributed by atoms with Crippen LogP contribution in [-0.4, -0.2) is 0 Å². The average molecular weight is 370 g/mol. The summed E-state index contributed by atoms with van der Waals surface area (Å²) in [6.45, 7) is 19.3. The molecule has 0 aliphatic rings. The standard InChI is InChI=1S/2C4H9.2C3H7.2C2H5.O.2Ti/c2*1-3-4-2;2*1-3-2;2*1-2;;;/h2*1,3-4H2,2H3;2*3H,1-2H3;2*1H2,2H3;;;. The van der Waals surface area contributed by atoms with Crippen molar-refractivity contribution < 1.29 is 35.9 Å². The van der Waals surface area contributed by atoms with Crippen LogP contribution < -0.4 is 0 Å². The van der Waals surface area contributed by atoms with Gasteiger partial charge in [-0.05, 0) is 0 Å². The van der Waals surface area contributed by atoms with Gasteiger partial charge in [0.25, 0.3) is 0 Å². The van der Waals surface area contributed by atoms with Crippen molar-refractivity contribution >= 4 is 0 Å². The van der Waals surface area contributed by atoms with Gasteiger partial charge >= 0.3 is 144 Å².